The maximum absolute atomic E-state index is 4.37. The van der Waals surface area contributed by atoms with Gasteiger partial charge in [-0.1, -0.05) is 0 Å². The molecule has 1 saturated heterocycles. The molecule has 0 amide bonds. The van der Waals surface area contributed by atoms with E-state index in [-0.39, 0.29) is 0 Å². The molecule has 1 fully saturated rings. The van der Waals surface area contributed by atoms with Crippen LogP contribution in [0, 0.1) is 6.92 Å². The van der Waals surface area contributed by atoms with Gasteiger partial charge in [0.2, 0.25) is 0 Å². The van der Waals surface area contributed by atoms with Crippen LogP contribution in [-0.4, -0.2) is 61.0 Å². The fraction of sp³-hybridized carbons (Fsp3) is 0.353. The summed E-state index contributed by atoms with van der Waals surface area (Å²) in [6.45, 7) is 6.59. The number of aromatic nitrogens is 6. The highest BCUT2D eigenvalue weighted by molar-refractivity contribution is 5.40. The third-order valence-corrected chi connectivity index (χ3v) is 4.29. The van der Waals surface area contributed by atoms with E-state index in [0.29, 0.717) is 0 Å². The lowest BCUT2D eigenvalue weighted by Gasteiger charge is -2.34. The quantitative estimate of drug-likeness (QED) is 0.706. The number of rotatable bonds is 4. The summed E-state index contributed by atoms with van der Waals surface area (Å²) < 4.78 is 1.74. The maximum Gasteiger partial charge on any atom is 0.175 e. The third kappa shape index (κ3) is 3.63. The number of anilines is 1. The Bertz CT molecular complexity index is 806. The molecular formula is C17H20N8. The van der Waals surface area contributed by atoms with Crippen molar-refractivity contribution in [3.63, 3.8) is 0 Å². The van der Waals surface area contributed by atoms with Gasteiger partial charge >= 0.3 is 0 Å². The first kappa shape index (κ1) is 15.6. The minimum Gasteiger partial charge on any atom is -0.353 e. The molecule has 0 aromatic carbocycles. The van der Waals surface area contributed by atoms with Crippen molar-refractivity contribution in [2.45, 2.75) is 13.5 Å². The standard InChI is InChI=1S/C17H20N8/c1-14-4-7-25(22-14)17-3-2-16(20-21-17)24-10-8-23(9-11-24)13-15-12-18-5-6-19-15/h2-7,12H,8-11,13H2,1H3. The highest BCUT2D eigenvalue weighted by Gasteiger charge is 2.19. The van der Waals surface area contributed by atoms with Crippen LogP contribution >= 0.6 is 0 Å². The Hall–Kier alpha value is -2.87. The van der Waals surface area contributed by atoms with Gasteiger partial charge in [-0.2, -0.15) is 5.10 Å². The van der Waals surface area contributed by atoms with Gasteiger partial charge in [0.25, 0.3) is 0 Å². The van der Waals surface area contributed by atoms with E-state index in [1.807, 2.05) is 37.5 Å². The molecule has 4 rings (SSSR count). The van der Waals surface area contributed by atoms with Crippen molar-refractivity contribution in [1.82, 2.24) is 34.8 Å². The molecule has 0 spiro atoms. The lowest BCUT2D eigenvalue weighted by Crippen LogP contribution is -2.46. The van der Waals surface area contributed by atoms with Crippen molar-refractivity contribution >= 4 is 5.82 Å². The minimum atomic E-state index is 0.734. The molecule has 0 aliphatic carbocycles. The summed E-state index contributed by atoms with van der Waals surface area (Å²) in [4.78, 5) is 13.1. The average Bonchev–Trinajstić information content (AvgIpc) is 3.10. The lowest BCUT2D eigenvalue weighted by molar-refractivity contribution is 0.246. The number of aryl methyl sites for hydroxylation is 1. The zero-order valence-electron chi connectivity index (χ0n) is 14.2. The number of hydrogen-bond acceptors (Lipinski definition) is 7. The zero-order valence-corrected chi connectivity index (χ0v) is 14.2. The Morgan fingerprint density at radius 3 is 2.40 bits per heavy atom. The van der Waals surface area contributed by atoms with Crippen molar-refractivity contribution in [2.24, 2.45) is 0 Å². The van der Waals surface area contributed by atoms with E-state index in [9.17, 15) is 0 Å². The normalized spacial score (nSPS) is 15.5. The largest absolute Gasteiger partial charge is 0.353 e. The maximum atomic E-state index is 4.37. The SMILES string of the molecule is Cc1ccn(-c2ccc(N3CCN(Cc4cnccn4)CC3)nn2)n1. The van der Waals surface area contributed by atoms with Crippen LogP contribution < -0.4 is 4.90 Å². The first-order valence-corrected chi connectivity index (χ1v) is 8.36. The second-order valence-corrected chi connectivity index (χ2v) is 6.11. The van der Waals surface area contributed by atoms with Crippen molar-refractivity contribution < 1.29 is 0 Å². The number of hydrogen-bond donors (Lipinski definition) is 0. The van der Waals surface area contributed by atoms with Gasteiger partial charge in [0, 0.05) is 57.5 Å². The molecule has 0 unspecified atom stereocenters. The molecule has 4 heterocycles. The lowest BCUT2D eigenvalue weighted by atomic mass is 10.3. The summed E-state index contributed by atoms with van der Waals surface area (Å²) in [6, 6.07) is 5.92. The predicted octanol–water partition coefficient (Wildman–Crippen LogP) is 1.08. The van der Waals surface area contributed by atoms with Gasteiger partial charge in [-0.15, -0.1) is 10.2 Å². The highest BCUT2D eigenvalue weighted by atomic mass is 15.4. The van der Waals surface area contributed by atoms with Crippen LogP contribution in [0.15, 0.2) is 43.0 Å². The second kappa shape index (κ2) is 6.94. The first-order valence-electron chi connectivity index (χ1n) is 8.36. The molecule has 128 valence electrons. The topological polar surface area (TPSA) is 75.9 Å². The molecule has 1 aliphatic rings. The van der Waals surface area contributed by atoms with Crippen molar-refractivity contribution in [2.75, 3.05) is 31.1 Å². The van der Waals surface area contributed by atoms with Crippen LogP contribution in [0.2, 0.25) is 0 Å². The summed E-state index contributed by atoms with van der Waals surface area (Å²) in [5.41, 5.74) is 1.97. The van der Waals surface area contributed by atoms with Crippen molar-refractivity contribution in [3.05, 3.63) is 54.4 Å². The molecule has 0 radical (unpaired) electrons. The van der Waals surface area contributed by atoms with Gasteiger partial charge in [-0.25, -0.2) is 4.68 Å². The molecule has 0 atom stereocenters. The van der Waals surface area contributed by atoms with Crippen LogP contribution in [0.1, 0.15) is 11.4 Å². The van der Waals surface area contributed by atoms with E-state index >= 15 is 0 Å². The fourth-order valence-corrected chi connectivity index (χ4v) is 2.93. The molecule has 0 saturated carbocycles. The van der Waals surface area contributed by atoms with Gasteiger partial charge in [0.1, 0.15) is 0 Å². The predicted molar refractivity (Wildman–Crippen MR) is 93.4 cm³/mol. The van der Waals surface area contributed by atoms with E-state index in [1.54, 1.807) is 17.1 Å². The zero-order chi connectivity index (χ0) is 17.1. The third-order valence-electron chi connectivity index (χ3n) is 4.29. The monoisotopic (exact) mass is 336 g/mol. The molecule has 0 bridgehead atoms. The smallest absolute Gasteiger partial charge is 0.175 e. The van der Waals surface area contributed by atoms with Gasteiger partial charge in [-0.05, 0) is 25.1 Å². The van der Waals surface area contributed by atoms with Crippen molar-refractivity contribution in [1.29, 1.82) is 0 Å². The van der Waals surface area contributed by atoms with Crippen LogP contribution in [-0.2, 0) is 6.54 Å². The fourth-order valence-electron chi connectivity index (χ4n) is 2.93. The van der Waals surface area contributed by atoms with Crippen LogP contribution in [0.4, 0.5) is 5.82 Å². The second-order valence-electron chi connectivity index (χ2n) is 6.11. The summed E-state index contributed by atoms with van der Waals surface area (Å²) in [5.74, 6) is 1.64. The van der Waals surface area contributed by atoms with Crippen LogP contribution in [0.3, 0.4) is 0 Å². The van der Waals surface area contributed by atoms with Gasteiger partial charge in [0.15, 0.2) is 11.6 Å². The summed E-state index contributed by atoms with van der Waals surface area (Å²) in [6.07, 6.45) is 7.16. The average molecular weight is 336 g/mol. The van der Waals surface area contributed by atoms with E-state index in [1.165, 1.54) is 0 Å². The summed E-state index contributed by atoms with van der Waals surface area (Å²) in [5, 5.41) is 13.0. The van der Waals surface area contributed by atoms with Gasteiger partial charge in [0.05, 0.1) is 11.4 Å². The Morgan fingerprint density at radius 2 is 1.76 bits per heavy atom. The Labute approximate surface area is 146 Å². The van der Waals surface area contributed by atoms with Crippen LogP contribution in [0.25, 0.3) is 5.82 Å². The van der Waals surface area contributed by atoms with Gasteiger partial charge < -0.3 is 4.90 Å². The number of nitrogens with zero attached hydrogens (tertiary/aromatic N) is 8. The van der Waals surface area contributed by atoms with E-state index in [2.05, 4.69) is 35.1 Å². The molecule has 3 aromatic heterocycles. The van der Waals surface area contributed by atoms with Gasteiger partial charge in [-0.3, -0.25) is 14.9 Å². The molecule has 8 nitrogen and oxygen atoms in total. The van der Waals surface area contributed by atoms with Crippen LogP contribution in [0.5, 0.6) is 0 Å². The summed E-state index contributed by atoms with van der Waals surface area (Å²) in [7, 11) is 0. The highest BCUT2D eigenvalue weighted by Crippen LogP contribution is 2.15. The van der Waals surface area contributed by atoms with E-state index < -0.39 is 0 Å². The molecular weight excluding hydrogens is 316 g/mol. The van der Waals surface area contributed by atoms with E-state index in [4.69, 9.17) is 0 Å². The molecule has 3 aromatic rings. The summed E-state index contributed by atoms with van der Waals surface area (Å²) >= 11 is 0. The molecule has 0 N–H and O–H groups in total. The Balaban J connectivity index is 1.36. The molecule has 1 aliphatic heterocycles. The first-order chi connectivity index (χ1) is 12.3. The number of piperazine rings is 1. The molecule has 8 heteroatoms. The molecule has 25 heavy (non-hydrogen) atoms. The Morgan fingerprint density at radius 1 is 0.960 bits per heavy atom. The van der Waals surface area contributed by atoms with E-state index in [0.717, 1.165) is 55.7 Å². The minimum absolute atomic E-state index is 0.734. The Kier molecular flexibility index (Phi) is 4.34. The van der Waals surface area contributed by atoms with Crippen molar-refractivity contribution in [3.8, 4) is 5.82 Å².